The molecule has 3 aromatic rings. The van der Waals surface area contributed by atoms with Gasteiger partial charge in [-0.2, -0.15) is 4.40 Å². The van der Waals surface area contributed by atoms with E-state index in [9.17, 15) is 0 Å². The number of rotatable bonds is 1. The number of pyridine rings is 1. The van der Waals surface area contributed by atoms with Gasteiger partial charge in [0.2, 0.25) is 0 Å². The van der Waals surface area contributed by atoms with Crippen LogP contribution in [0, 0.1) is 0 Å². The van der Waals surface area contributed by atoms with E-state index in [1.54, 1.807) is 0 Å². The Bertz CT molecular complexity index is 551. The van der Waals surface area contributed by atoms with Crippen molar-refractivity contribution in [1.82, 2.24) is 0 Å². The lowest BCUT2D eigenvalue weighted by Crippen LogP contribution is -2.15. The second-order valence-electron chi connectivity index (χ2n) is 3.41. The van der Waals surface area contributed by atoms with Crippen LogP contribution in [0.5, 0.6) is 0 Å². The van der Waals surface area contributed by atoms with E-state index in [2.05, 4.69) is 59.3 Å². The lowest BCUT2D eigenvalue weighted by Gasteiger charge is -1.90. The topological polar surface area (TPSA) is 4.10 Å². The van der Waals surface area contributed by atoms with Crippen molar-refractivity contribution in [1.29, 1.82) is 0 Å². The van der Waals surface area contributed by atoms with Crippen molar-refractivity contribution in [3.63, 3.8) is 0 Å². The van der Waals surface area contributed by atoms with E-state index in [4.69, 9.17) is 0 Å². The third kappa shape index (κ3) is 1.53. The third-order valence-corrected chi connectivity index (χ3v) is 3.50. The van der Waals surface area contributed by atoms with E-state index < -0.39 is 0 Å². The summed E-state index contributed by atoms with van der Waals surface area (Å²) in [5.41, 5.74) is 1.28. The van der Waals surface area contributed by atoms with Gasteiger partial charge in [0.1, 0.15) is 4.88 Å². The number of benzene rings is 1. The fraction of sp³-hybridized carbons (Fsp3) is 0. The predicted octanol–water partition coefficient (Wildman–Crippen LogP) is 3.15. The van der Waals surface area contributed by atoms with Crippen molar-refractivity contribution in [2.45, 2.75) is 0 Å². The molecule has 1 aromatic carbocycles. The van der Waals surface area contributed by atoms with Crippen LogP contribution >= 0.6 is 11.3 Å². The summed E-state index contributed by atoms with van der Waals surface area (Å²) in [5, 5.41) is 0. The first-order valence-electron chi connectivity index (χ1n) is 4.89. The molecule has 0 unspecified atom stereocenters. The minimum Gasteiger partial charge on any atom is -0.157 e. The van der Waals surface area contributed by atoms with Gasteiger partial charge in [-0.1, -0.05) is 41.7 Å². The maximum absolute atomic E-state index is 2.18. The van der Waals surface area contributed by atoms with Crippen molar-refractivity contribution >= 4 is 16.2 Å². The minimum atomic E-state index is 1.27. The Morgan fingerprint density at radius 3 is 2.47 bits per heavy atom. The summed E-state index contributed by atoms with van der Waals surface area (Å²) < 4.78 is 2.16. The summed E-state index contributed by atoms with van der Waals surface area (Å²) in [6.07, 6.45) is 4.26. The molecular weight excluding hydrogens is 202 g/mol. The second kappa shape index (κ2) is 3.48. The molecule has 0 saturated heterocycles. The molecule has 0 saturated carbocycles. The first kappa shape index (κ1) is 8.62. The van der Waals surface area contributed by atoms with Gasteiger partial charge in [0.15, 0.2) is 12.4 Å². The van der Waals surface area contributed by atoms with Crippen molar-refractivity contribution in [3.05, 3.63) is 60.9 Å². The molecule has 0 aliphatic heterocycles. The van der Waals surface area contributed by atoms with Gasteiger partial charge in [0.05, 0.1) is 0 Å². The van der Waals surface area contributed by atoms with Gasteiger partial charge in [-0.05, 0) is 11.6 Å². The Balaban J connectivity index is 2.21. The molecule has 1 nitrogen and oxygen atoms in total. The largest absolute Gasteiger partial charge is 0.267 e. The highest BCUT2D eigenvalue weighted by molar-refractivity contribution is 7.20. The van der Waals surface area contributed by atoms with Crippen molar-refractivity contribution in [3.8, 4) is 10.4 Å². The van der Waals surface area contributed by atoms with E-state index in [0.717, 1.165) is 0 Å². The minimum absolute atomic E-state index is 1.27. The zero-order chi connectivity index (χ0) is 10.1. The van der Waals surface area contributed by atoms with Crippen molar-refractivity contribution in [2.75, 3.05) is 0 Å². The van der Waals surface area contributed by atoms with Crippen molar-refractivity contribution < 1.29 is 4.40 Å². The van der Waals surface area contributed by atoms with E-state index in [-0.39, 0.29) is 0 Å². The maximum Gasteiger partial charge on any atom is 0.267 e. The SMILES string of the molecule is c1ccc(-c2c[n+]3ccccc3s2)cc1. The number of hydrogen-bond acceptors (Lipinski definition) is 1. The van der Waals surface area contributed by atoms with Gasteiger partial charge in [-0.3, -0.25) is 0 Å². The highest BCUT2D eigenvalue weighted by atomic mass is 32.1. The number of nitrogens with zero attached hydrogens (tertiary/aromatic N) is 1. The summed E-state index contributed by atoms with van der Waals surface area (Å²) in [5.74, 6) is 0. The zero-order valence-electron chi connectivity index (χ0n) is 8.13. The number of thiazole rings is 1. The Labute approximate surface area is 92.3 Å². The Hall–Kier alpha value is -1.67. The molecule has 0 spiro atoms. The van der Waals surface area contributed by atoms with E-state index in [1.165, 1.54) is 15.3 Å². The lowest BCUT2D eigenvalue weighted by molar-refractivity contribution is -0.506. The molecule has 2 aromatic heterocycles. The molecule has 0 aliphatic carbocycles. The number of aromatic nitrogens is 1. The van der Waals surface area contributed by atoms with E-state index >= 15 is 0 Å². The summed E-state index contributed by atoms with van der Waals surface area (Å²) >= 11 is 1.81. The van der Waals surface area contributed by atoms with Gasteiger partial charge in [0, 0.05) is 12.1 Å². The lowest BCUT2D eigenvalue weighted by atomic mass is 10.2. The number of fused-ring (bicyclic) bond motifs is 1. The Morgan fingerprint density at radius 2 is 1.67 bits per heavy atom. The quantitative estimate of drug-likeness (QED) is 0.546. The Morgan fingerprint density at radius 1 is 0.867 bits per heavy atom. The molecule has 2 heteroatoms. The molecule has 0 fully saturated rings. The van der Waals surface area contributed by atoms with E-state index in [1.807, 2.05) is 17.4 Å². The molecule has 72 valence electrons. The zero-order valence-corrected chi connectivity index (χ0v) is 8.95. The van der Waals surface area contributed by atoms with E-state index in [0.29, 0.717) is 0 Å². The van der Waals surface area contributed by atoms with Gasteiger partial charge in [0.25, 0.3) is 4.83 Å². The second-order valence-corrected chi connectivity index (χ2v) is 4.47. The van der Waals surface area contributed by atoms with Gasteiger partial charge >= 0.3 is 0 Å². The molecule has 2 heterocycles. The van der Waals surface area contributed by atoms with Crippen LogP contribution in [0.2, 0.25) is 0 Å². The Kier molecular flexibility index (Phi) is 2.00. The normalized spacial score (nSPS) is 10.7. The summed E-state index contributed by atoms with van der Waals surface area (Å²) in [7, 11) is 0. The average Bonchev–Trinajstić information content (AvgIpc) is 2.74. The maximum atomic E-state index is 2.18. The predicted molar refractivity (Wildman–Crippen MR) is 62.9 cm³/mol. The molecule has 0 N–H and O–H groups in total. The summed E-state index contributed by atoms with van der Waals surface area (Å²) in [6, 6.07) is 16.7. The monoisotopic (exact) mass is 212 g/mol. The molecule has 0 radical (unpaired) electrons. The first-order chi connectivity index (χ1) is 7.43. The smallest absolute Gasteiger partial charge is 0.157 e. The third-order valence-electron chi connectivity index (χ3n) is 2.38. The van der Waals surface area contributed by atoms with Crippen LogP contribution in [0.15, 0.2) is 60.9 Å². The van der Waals surface area contributed by atoms with Crippen LogP contribution < -0.4 is 4.40 Å². The molecule has 0 bridgehead atoms. The van der Waals surface area contributed by atoms with Gasteiger partial charge in [-0.15, -0.1) is 0 Å². The molecule has 3 rings (SSSR count). The van der Waals surface area contributed by atoms with Crippen LogP contribution in [-0.2, 0) is 0 Å². The molecule has 0 amide bonds. The summed E-state index contributed by atoms with van der Waals surface area (Å²) in [6.45, 7) is 0. The molecule has 15 heavy (non-hydrogen) atoms. The van der Waals surface area contributed by atoms with Crippen LogP contribution in [0.4, 0.5) is 0 Å². The fourth-order valence-electron chi connectivity index (χ4n) is 1.63. The van der Waals surface area contributed by atoms with Gasteiger partial charge in [-0.25, -0.2) is 0 Å². The number of hydrogen-bond donors (Lipinski definition) is 0. The van der Waals surface area contributed by atoms with Crippen molar-refractivity contribution in [2.24, 2.45) is 0 Å². The molecular formula is C13H10NS+. The highest BCUT2D eigenvalue weighted by Crippen LogP contribution is 2.24. The van der Waals surface area contributed by atoms with Crippen LogP contribution in [0.3, 0.4) is 0 Å². The average molecular weight is 212 g/mol. The standard InChI is InChI=1S/C13H10NS/c1-2-6-11(7-3-1)12-10-14-9-5-4-8-13(14)15-12/h1-10H/q+1. The van der Waals surface area contributed by atoms with Crippen LogP contribution in [0.1, 0.15) is 0 Å². The fourth-order valence-corrected chi connectivity index (χ4v) is 2.65. The molecule has 0 atom stereocenters. The first-order valence-corrected chi connectivity index (χ1v) is 5.70. The summed E-state index contributed by atoms with van der Waals surface area (Å²) in [4.78, 5) is 2.58. The highest BCUT2D eigenvalue weighted by Gasteiger charge is 2.09. The van der Waals surface area contributed by atoms with Crippen LogP contribution in [0.25, 0.3) is 15.3 Å². The van der Waals surface area contributed by atoms with Gasteiger partial charge < -0.3 is 0 Å². The molecule has 0 aliphatic rings. The van der Waals surface area contributed by atoms with Crippen LogP contribution in [-0.4, -0.2) is 0 Å².